The SMILES string of the molecule is CCCCCC(C(=O)O)c1cc(C)cc(C)c1N. The summed E-state index contributed by atoms with van der Waals surface area (Å²) in [6, 6.07) is 3.90. The van der Waals surface area contributed by atoms with Gasteiger partial charge in [-0.25, -0.2) is 0 Å². The van der Waals surface area contributed by atoms with Gasteiger partial charge in [-0.15, -0.1) is 0 Å². The summed E-state index contributed by atoms with van der Waals surface area (Å²) < 4.78 is 0. The summed E-state index contributed by atoms with van der Waals surface area (Å²) in [5, 5.41) is 9.38. The first-order valence-electron chi connectivity index (χ1n) is 6.56. The number of nitrogens with two attached hydrogens (primary N) is 1. The van der Waals surface area contributed by atoms with Crippen molar-refractivity contribution in [2.24, 2.45) is 0 Å². The summed E-state index contributed by atoms with van der Waals surface area (Å²) in [6.45, 7) is 6.01. The molecule has 1 rings (SSSR count). The van der Waals surface area contributed by atoms with E-state index in [0.29, 0.717) is 12.1 Å². The number of benzene rings is 1. The maximum atomic E-state index is 11.4. The minimum absolute atomic E-state index is 0.477. The van der Waals surface area contributed by atoms with Crippen molar-refractivity contribution in [3.8, 4) is 0 Å². The molecule has 1 unspecified atom stereocenters. The van der Waals surface area contributed by atoms with E-state index in [1.807, 2.05) is 26.0 Å². The van der Waals surface area contributed by atoms with E-state index in [4.69, 9.17) is 5.73 Å². The van der Waals surface area contributed by atoms with Gasteiger partial charge in [-0.3, -0.25) is 4.79 Å². The van der Waals surface area contributed by atoms with E-state index in [9.17, 15) is 9.90 Å². The molecule has 3 N–H and O–H groups in total. The molecule has 1 atom stereocenters. The molecule has 0 aliphatic heterocycles. The summed E-state index contributed by atoms with van der Waals surface area (Å²) in [5.41, 5.74) is 9.47. The molecule has 100 valence electrons. The molecule has 0 amide bonds. The van der Waals surface area contributed by atoms with Crippen LogP contribution in [0.1, 0.15) is 55.2 Å². The maximum absolute atomic E-state index is 11.4. The van der Waals surface area contributed by atoms with E-state index in [-0.39, 0.29) is 0 Å². The first kappa shape index (κ1) is 14.6. The summed E-state index contributed by atoms with van der Waals surface area (Å²) >= 11 is 0. The quantitative estimate of drug-likeness (QED) is 0.597. The van der Waals surface area contributed by atoms with Crippen molar-refractivity contribution in [1.82, 2.24) is 0 Å². The average molecular weight is 249 g/mol. The number of rotatable bonds is 6. The lowest BCUT2D eigenvalue weighted by atomic mass is 9.89. The number of aliphatic carboxylic acids is 1. The van der Waals surface area contributed by atoms with Gasteiger partial charge in [0.25, 0.3) is 0 Å². The van der Waals surface area contributed by atoms with E-state index < -0.39 is 11.9 Å². The van der Waals surface area contributed by atoms with Crippen LogP contribution in [0.5, 0.6) is 0 Å². The van der Waals surface area contributed by atoms with Gasteiger partial charge in [-0.2, -0.15) is 0 Å². The molecule has 1 aromatic carbocycles. The van der Waals surface area contributed by atoms with Crippen LogP contribution in [-0.2, 0) is 4.79 Å². The van der Waals surface area contributed by atoms with Crippen LogP contribution in [0.4, 0.5) is 5.69 Å². The largest absolute Gasteiger partial charge is 0.481 e. The number of carboxylic acid groups (broad SMARTS) is 1. The number of aryl methyl sites for hydroxylation is 2. The van der Waals surface area contributed by atoms with E-state index in [0.717, 1.165) is 36.0 Å². The fourth-order valence-electron chi connectivity index (χ4n) is 2.31. The highest BCUT2D eigenvalue weighted by Gasteiger charge is 2.22. The third kappa shape index (κ3) is 3.49. The number of carboxylic acids is 1. The first-order valence-corrected chi connectivity index (χ1v) is 6.56. The number of unbranched alkanes of at least 4 members (excludes halogenated alkanes) is 2. The molecular weight excluding hydrogens is 226 g/mol. The Balaban J connectivity index is 3.02. The van der Waals surface area contributed by atoms with Gasteiger partial charge in [0.2, 0.25) is 0 Å². The smallest absolute Gasteiger partial charge is 0.311 e. The lowest BCUT2D eigenvalue weighted by Crippen LogP contribution is -2.14. The Bertz CT molecular complexity index is 427. The zero-order chi connectivity index (χ0) is 13.7. The molecule has 0 heterocycles. The zero-order valence-electron chi connectivity index (χ0n) is 11.5. The van der Waals surface area contributed by atoms with Crippen molar-refractivity contribution in [2.75, 3.05) is 5.73 Å². The topological polar surface area (TPSA) is 63.3 Å². The fraction of sp³-hybridized carbons (Fsp3) is 0.533. The van der Waals surface area contributed by atoms with Crippen LogP contribution in [0.15, 0.2) is 12.1 Å². The molecule has 0 bridgehead atoms. The molecule has 0 saturated heterocycles. The highest BCUT2D eigenvalue weighted by atomic mass is 16.4. The minimum atomic E-state index is -0.775. The van der Waals surface area contributed by atoms with Crippen LogP contribution in [0.2, 0.25) is 0 Å². The summed E-state index contributed by atoms with van der Waals surface area (Å²) in [7, 11) is 0. The lowest BCUT2D eigenvalue weighted by molar-refractivity contribution is -0.139. The van der Waals surface area contributed by atoms with Gasteiger partial charge in [-0.05, 0) is 31.4 Å². The van der Waals surface area contributed by atoms with Gasteiger partial charge in [-0.1, -0.05) is 43.9 Å². The zero-order valence-corrected chi connectivity index (χ0v) is 11.5. The number of hydrogen-bond acceptors (Lipinski definition) is 2. The molecule has 0 aromatic heterocycles. The molecule has 1 aromatic rings. The molecular formula is C15H23NO2. The average Bonchev–Trinajstić information content (AvgIpc) is 2.29. The predicted molar refractivity (Wildman–Crippen MR) is 74.8 cm³/mol. The van der Waals surface area contributed by atoms with E-state index in [2.05, 4.69) is 6.92 Å². The Labute approximate surface area is 109 Å². The number of anilines is 1. The van der Waals surface area contributed by atoms with Crippen LogP contribution in [-0.4, -0.2) is 11.1 Å². The Hall–Kier alpha value is -1.51. The molecule has 3 nitrogen and oxygen atoms in total. The van der Waals surface area contributed by atoms with Gasteiger partial charge in [0.15, 0.2) is 0 Å². The molecule has 0 aliphatic carbocycles. The van der Waals surface area contributed by atoms with Crippen LogP contribution in [0, 0.1) is 13.8 Å². The first-order chi connectivity index (χ1) is 8.47. The molecule has 0 spiro atoms. The Morgan fingerprint density at radius 1 is 1.33 bits per heavy atom. The van der Waals surface area contributed by atoms with Crippen molar-refractivity contribution in [1.29, 1.82) is 0 Å². The summed E-state index contributed by atoms with van der Waals surface area (Å²) in [4.78, 5) is 11.4. The van der Waals surface area contributed by atoms with Gasteiger partial charge in [0.05, 0.1) is 5.92 Å². The molecule has 0 radical (unpaired) electrons. The molecule has 0 fully saturated rings. The Morgan fingerprint density at radius 2 is 2.00 bits per heavy atom. The standard InChI is InChI=1S/C15H23NO2/c1-4-5-6-7-12(15(17)18)13-9-10(2)8-11(3)14(13)16/h8-9,12H,4-7,16H2,1-3H3,(H,17,18). The monoisotopic (exact) mass is 249 g/mol. The Kier molecular flexibility index (Phi) is 5.20. The molecule has 18 heavy (non-hydrogen) atoms. The van der Waals surface area contributed by atoms with Gasteiger partial charge < -0.3 is 10.8 Å². The summed E-state index contributed by atoms with van der Waals surface area (Å²) in [5.74, 6) is -1.25. The maximum Gasteiger partial charge on any atom is 0.311 e. The Morgan fingerprint density at radius 3 is 2.56 bits per heavy atom. The number of nitrogen functional groups attached to an aromatic ring is 1. The second-order valence-electron chi connectivity index (χ2n) is 4.97. The number of carbonyl (C=O) groups is 1. The highest BCUT2D eigenvalue weighted by Crippen LogP contribution is 2.30. The van der Waals surface area contributed by atoms with Gasteiger partial charge >= 0.3 is 5.97 Å². The highest BCUT2D eigenvalue weighted by molar-refractivity contribution is 5.79. The number of hydrogen-bond donors (Lipinski definition) is 2. The van der Waals surface area contributed by atoms with Gasteiger partial charge in [0, 0.05) is 5.69 Å². The van der Waals surface area contributed by atoms with Crippen molar-refractivity contribution < 1.29 is 9.90 Å². The minimum Gasteiger partial charge on any atom is -0.481 e. The van der Waals surface area contributed by atoms with Crippen LogP contribution >= 0.6 is 0 Å². The fourth-order valence-corrected chi connectivity index (χ4v) is 2.31. The van der Waals surface area contributed by atoms with Crippen LogP contribution in [0.3, 0.4) is 0 Å². The van der Waals surface area contributed by atoms with Crippen molar-refractivity contribution in [3.05, 3.63) is 28.8 Å². The lowest BCUT2D eigenvalue weighted by Gasteiger charge is -2.17. The van der Waals surface area contributed by atoms with E-state index in [1.165, 1.54) is 0 Å². The molecule has 0 aliphatic rings. The van der Waals surface area contributed by atoms with E-state index in [1.54, 1.807) is 0 Å². The second-order valence-corrected chi connectivity index (χ2v) is 4.97. The third-order valence-electron chi connectivity index (χ3n) is 3.33. The third-order valence-corrected chi connectivity index (χ3v) is 3.33. The van der Waals surface area contributed by atoms with E-state index >= 15 is 0 Å². The van der Waals surface area contributed by atoms with Crippen LogP contribution in [0.25, 0.3) is 0 Å². The normalized spacial score (nSPS) is 12.4. The van der Waals surface area contributed by atoms with Gasteiger partial charge in [0.1, 0.15) is 0 Å². The second kappa shape index (κ2) is 6.43. The van der Waals surface area contributed by atoms with Crippen LogP contribution < -0.4 is 5.73 Å². The summed E-state index contributed by atoms with van der Waals surface area (Å²) in [6.07, 6.45) is 3.75. The molecule has 3 heteroatoms. The van der Waals surface area contributed by atoms with Crippen molar-refractivity contribution >= 4 is 11.7 Å². The van der Waals surface area contributed by atoms with Crippen molar-refractivity contribution in [3.63, 3.8) is 0 Å². The molecule has 0 saturated carbocycles. The predicted octanol–water partition coefficient (Wildman–Crippen LogP) is 3.63. The van der Waals surface area contributed by atoms with Crippen molar-refractivity contribution in [2.45, 2.75) is 52.4 Å².